The summed E-state index contributed by atoms with van der Waals surface area (Å²) in [7, 11) is 0. The lowest BCUT2D eigenvalue weighted by molar-refractivity contribution is -0.201. The molecule has 0 amide bonds. The monoisotopic (exact) mass is 311 g/mol. The van der Waals surface area contributed by atoms with E-state index in [4.69, 9.17) is 18.9 Å². The van der Waals surface area contributed by atoms with Gasteiger partial charge in [0.1, 0.15) is 6.10 Å². The molecule has 22 heavy (non-hydrogen) atoms. The van der Waals surface area contributed by atoms with E-state index in [1.807, 2.05) is 0 Å². The Morgan fingerprint density at radius 3 is 2.77 bits per heavy atom. The van der Waals surface area contributed by atoms with E-state index >= 15 is 0 Å². The van der Waals surface area contributed by atoms with E-state index in [9.17, 15) is 4.79 Å². The van der Waals surface area contributed by atoms with Crippen molar-refractivity contribution in [3.8, 4) is 0 Å². The van der Waals surface area contributed by atoms with Crippen LogP contribution in [0.4, 0.5) is 0 Å². The average molecular weight is 311 g/mol. The van der Waals surface area contributed by atoms with E-state index in [1.54, 1.807) is 0 Å². The molecule has 124 valence electrons. The molecule has 1 saturated carbocycles. The van der Waals surface area contributed by atoms with E-state index in [0.717, 1.165) is 52.2 Å². The first-order valence-electron chi connectivity index (χ1n) is 8.59. The van der Waals surface area contributed by atoms with Crippen molar-refractivity contribution in [1.82, 2.24) is 4.90 Å². The molecule has 4 fully saturated rings. The van der Waals surface area contributed by atoms with Crippen molar-refractivity contribution in [2.45, 2.75) is 56.6 Å². The summed E-state index contributed by atoms with van der Waals surface area (Å²) < 4.78 is 23.0. The zero-order valence-electron chi connectivity index (χ0n) is 12.9. The van der Waals surface area contributed by atoms with Crippen LogP contribution < -0.4 is 0 Å². The molecule has 4 rings (SSSR count). The van der Waals surface area contributed by atoms with Crippen LogP contribution in [-0.2, 0) is 23.7 Å². The lowest BCUT2D eigenvalue weighted by Crippen LogP contribution is -2.51. The second kappa shape index (κ2) is 6.43. The minimum atomic E-state index is -0.0863. The number of ether oxygens (including phenoxy) is 4. The average Bonchev–Trinajstić information content (AvgIpc) is 3.04. The summed E-state index contributed by atoms with van der Waals surface area (Å²) in [6.07, 6.45) is 4.63. The van der Waals surface area contributed by atoms with E-state index in [-0.39, 0.29) is 36.4 Å². The Kier molecular flexibility index (Phi) is 4.35. The van der Waals surface area contributed by atoms with Gasteiger partial charge in [0.15, 0.2) is 6.29 Å². The predicted molar refractivity (Wildman–Crippen MR) is 77.2 cm³/mol. The number of hydrogen-bond donors (Lipinski definition) is 0. The molecule has 0 aromatic carbocycles. The van der Waals surface area contributed by atoms with E-state index < -0.39 is 0 Å². The van der Waals surface area contributed by atoms with E-state index in [0.29, 0.717) is 6.42 Å². The predicted octanol–water partition coefficient (Wildman–Crippen LogP) is 0.934. The quantitative estimate of drug-likeness (QED) is 0.723. The number of hydrogen-bond acceptors (Lipinski definition) is 6. The van der Waals surface area contributed by atoms with Crippen LogP contribution in [0.15, 0.2) is 0 Å². The van der Waals surface area contributed by atoms with Gasteiger partial charge in [0.2, 0.25) is 0 Å². The molecule has 0 radical (unpaired) electrons. The molecule has 5 atom stereocenters. The van der Waals surface area contributed by atoms with Crippen LogP contribution in [0.3, 0.4) is 0 Å². The zero-order valence-corrected chi connectivity index (χ0v) is 12.9. The third-order valence-corrected chi connectivity index (χ3v) is 5.38. The molecule has 0 spiro atoms. The Balaban J connectivity index is 1.47. The molecular weight excluding hydrogens is 286 g/mol. The zero-order chi connectivity index (χ0) is 14.9. The van der Waals surface area contributed by atoms with Gasteiger partial charge in [-0.3, -0.25) is 9.69 Å². The fraction of sp³-hybridized carbons (Fsp3) is 0.938. The van der Waals surface area contributed by atoms with Crippen LogP contribution in [0.2, 0.25) is 0 Å². The molecule has 2 unspecified atom stereocenters. The summed E-state index contributed by atoms with van der Waals surface area (Å²) >= 11 is 0. The third kappa shape index (κ3) is 2.89. The second-order valence-electron chi connectivity index (χ2n) is 6.74. The highest BCUT2D eigenvalue weighted by Gasteiger charge is 2.53. The van der Waals surface area contributed by atoms with Crippen LogP contribution in [0, 0.1) is 5.92 Å². The van der Waals surface area contributed by atoms with Gasteiger partial charge in [-0.25, -0.2) is 0 Å². The molecule has 3 saturated heterocycles. The number of carbonyl (C=O) groups excluding carboxylic acids is 1. The normalized spacial score (nSPS) is 43.1. The molecule has 3 heterocycles. The SMILES string of the molecule is O=C1C[C@@H]2C(N3CCOCC3)[C@@H](OC3CCCCO3)C[C@@H]2O1. The first kappa shape index (κ1) is 14.9. The van der Waals surface area contributed by atoms with Gasteiger partial charge in [-0.2, -0.15) is 0 Å². The molecule has 4 aliphatic rings. The molecule has 1 aliphatic carbocycles. The van der Waals surface area contributed by atoms with Crippen molar-refractivity contribution in [2.24, 2.45) is 5.92 Å². The minimum Gasteiger partial charge on any atom is -0.462 e. The summed E-state index contributed by atoms with van der Waals surface area (Å²) in [5, 5.41) is 0. The smallest absolute Gasteiger partial charge is 0.306 e. The second-order valence-corrected chi connectivity index (χ2v) is 6.74. The minimum absolute atomic E-state index is 0.0222. The molecule has 6 nitrogen and oxygen atoms in total. The number of morpholine rings is 1. The molecule has 0 N–H and O–H groups in total. The first-order chi connectivity index (χ1) is 10.8. The lowest BCUT2D eigenvalue weighted by Gasteiger charge is -2.38. The van der Waals surface area contributed by atoms with Crippen molar-refractivity contribution >= 4 is 5.97 Å². The van der Waals surface area contributed by atoms with Crippen LogP contribution in [0.1, 0.15) is 32.1 Å². The van der Waals surface area contributed by atoms with Crippen LogP contribution in [0.5, 0.6) is 0 Å². The highest BCUT2D eigenvalue weighted by molar-refractivity contribution is 5.72. The Morgan fingerprint density at radius 2 is 2.00 bits per heavy atom. The Morgan fingerprint density at radius 1 is 1.14 bits per heavy atom. The van der Waals surface area contributed by atoms with Gasteiger partial charge in [-0.05, 0) is 19.3 Å². The van der Waals surface area contributed by atoms with Crippen molar-refractivity contribution in [3.63, 3.8) is 0 Å². The molecular formula is C16H25NO5. The fourth-order valence-corrected chi connectivity index (χ4v) is 4.37. The molecule has 0 aromatic heterocycles. The van der Waals surface area contributed by atoms with Gasteiger partial charge in [0.05, 0.1) is 25.7 Å². The van der Waals surface area contributed by atoms with Crippen LogP contribution in [-0.4, -0.2) is 68.3 Å². The summed E-state index contributed by atoms with van der Waals surface area (Å²) in [4.78, 5) is 14.1. The van der Waals surface area contributed by atoms with Crippen molar-refractivity contribution < 1.29 is 23.7 Å². The molecule has 0 aromatic rings. The van der Waals surface area contributed by atoms with Gasteiger partial charge in [-0.15, -0.1) is 0 Å². The standard InChI is InChI=1S/C16H25NO5/c18-14-9-11-12(21-14)10-13(22-15-3-1-2-6-20-15)16(11)17-4-7-19-8-5-17/h11-13,15-16H,1-10H2/t11-,12-,13-,15?,16?/m0/s1. The van der Waals surface area contributed by atoms with E-state index in [1.165, 1.54) is 6.42 Å². The highest BCUT2D eigenvalue weighted by Crippen LogP contribution is 2.42. The van der Waals surface area contributed by atoms with Gasteiger partial charge in [0, 0.05) is 38.1 Å². The summed E-state index contributed by atoms with van der Waals surface area (Å²) in [5.74, 6) is 0.208. The van der Waals surface area contributed by atoms with Gasteiger partial charge in [0.25, 0.3) is 0 Å². The van der Waals surface area contributed by atoms with Crippen molar-refractivity contribution in [2.75, 3.05) is 32.9 Å². The van der Waals surface area contributed by atoms with Crippen LogP contribution >= 0.6 is 0 Å². The molecule has 0 bridgehead atoms. The highest BCUT2D eigenvalue weighted by atomic mass is 16.7. The van der Waals surface area contributed by atoms with Gasteiger partial charge < -0.3 is 18.9 Å². The number of rotatable bonds is 3. The first-order valence-corrected chi connectivity index (χ1v) is 8.59. The maximum atomic E-state index is 11.7. The molecule has 6 heteroatoms. The van der Waals surface area contributed by atoms with E-state index in [2.05, 4.69) is 4.90 Å². The Hall–Kier alpha value is -0.690. The maximum absolute atomic E-state index is 11.7. The lowest BCUT2D eigenvalue weighted by atomic mass is 9.97. The fourth-order valence-electron chi connectivity index (χ4n) is 4.37. The summed E-state index contributed by atoms with van der Waals surface area (Å²) in [6, 6.07) is 0.255. The van der Waals surface area contributed by atoms with Crippen molar-refractivity contribution in [3.05, 3.63) is 0 Å². The summed E-state index contributed by atoms with van der Waals surface area (Å²) in [6.45, 7) is 4.13. The van der Waals surface area contributed by atoms with Gasteiger partial charge in [-0.1, -0.05) is 0 Å². The van der Waals surface area contributed by atoms with Crippen LogP contribution in [0.25, 0.3) is 0 Å². The maximum Gasteiger partial charge on any atom is 0.306 e. The topological polar surface area (TPSA) is 57.2 Å². The number of carbonyl (C=O) groups is 1. The van der Waals surface area contributed by atoms with Crippen molar-refractivity contribution in [1.29, 1.82) is 0 Å². The Labute approximate surface area is 131 Å². The Bertz CT molecular complexity index is 405. The molecule has 3 aliphatic heterocycles. The third-order valence-electron chi connectivity index (χ3n) is 5.38. The number of esters is 1. The largest absolute Gasteiger partial charge is 0.462 e. The summed E-state index contributed by atoms with van der Waals surface area (Å²) in [5.41, 5.74) is 0. The number of nitrogens with zero attached hydrogens (tertiary/aromatic N) is 1. The van der Waals surface area contributed by atoms with Gasteiger partial charge >= 0.3 is 5.97 Å². The number of fused-ring (bicyclic) bond motifs is 1.